The first-order chi connectivity index (χ1) is 15.6. The van der Waals surface area contributed by atoms with Crippen LogP contribution in [0.15, 0.2) is 30.4 Å². The Morgan fingerprint density at radius 3 is 2.33 bits per heavy atom. The molecule has 0 atom stereocenters. The lowest BCUT2D eigenvalue weighted by Crippen LogP contribution is -2.28. The van der Waals surface area contributed by atoms with Crippen LogP contribution in [0, 0.1) is 0 Å². The van der Waals surface area contributed by atoms with Gasteiger partial charge in [-0.3, -0.25) is 19.2 Å². The van der Waals surface area contributed by atoms with Crippen LogP contribution in [0.3, 0.4) is 0 Å². The highest BCUT2D eigenvalue weighted by Crippen LogP contribution is 2.18. The van der Waals surface area contributed by atoms with Gasteiger partial charge in [0.15, 0.2) is 0 Å². The summed E-state index contributed by atoms with van der Waals surface area (Å²) in [5.74, 6) is -3.67. The number of rotatable bonds is 14. The molecule has 0 bridgehead atoms. The normalized spacial score (nSPS) is 10.5. The summed E-state index contributed by atoms with van der Waals surface area (Å²) in [6, 6.07) is 3.28. The van der Waals surface area contributed by atoms with Crippen LogP contribution >= 0.6 is 0 Å². The van der Waals surface area contributed by atoms with Crippen LogP contribution in [-0.2, 0) is 19.2 Å². The van der Waals surface area contributed by atoms with Crippen LogP contribution in [0.5, 0.6) is 0 Å². The minimum Gasteiger partial charge on any atom is -0.478 e. The number of benzene rings is 1. The van der Waals surface area contributed by atoms with Gasteiger partial charge in [0.05, 0.1) is 16.8 Å². The average molecular weight is 461 g/mol. The van der Waals surface area contributed by atoms with Gasteiger partial charge >= 0.3 is 11.9 Å². The Labute approximate surface area is 190 Å². The van der Waals surface area contributed by atoms with Crippen LogP contribution < -0.4 is 10.6 Å². The lowest BCUT2D eigenvalue weighted by molar-refractivity contribution is -0.125. The summed E-state index contributed by atoms with van der Waals surface area (Å²) in [7, 11) is 1.62. The van der Waals surface area contributed by atoms with Crippen molar-refractivity contribution in [1.29, 1.82) is 0 Å². The topological polar surface area (TPSA) is 170 Å². The van der Waals surface area contributed by atoms with Gasteiger partial charge in [-0.25, -0.2) is 9.59 Å². The van der Waals surface area contributed by atoms with E-state index in [4.69, 9.17) is 5.11 Å². The SMILES string of the molecule is CN(CCCCCC(=O)NCCC(=O)Nc1cc(C(=O)O)ccc1C(=O)O)C(=O)/C=C\C=O. The molecule has 0 heterocycles. The molecule has 0 aliphatic heterocycles. The molecule has 0 fully saturated rings. The van der Waals surface area contributed by atoms with Gasteiger partial charge in [-0.1, -0.05) is 6.42 Å². The van der Waals surface area contributed by atoms with Crippen molar-refractivity contribution in [3.63, 3.8) is 0 Å². The zero-order valence-electron chi connectivity index (χ0n) is 18.2. The summed E-state index contributed by atoms with van der Waals surface area (Å²) >= 11 is 0. The van der Waals surface area contributed by atoms with Crippen LogP contribution in [-0.4, -0.2) is 71.2 Å². The third-order valence-electron chi connectivity index (χ3n) is 4.54. The fraction of sp³-hybridized carbons (Fsp3) is 0.364. The molecule has 33 heavy (non-hydrogen) atoms. The van der Waals surface area contributed by atoms with Crippen molar-refractivity contribution >= 4 is 41.6 Å². The number of hydrogen-bond acceptors (Lipinski definition) is 6. The maximum atomic E-state index is 12.1. The van der Waals surface area contributed by atoms with Crippen molar-refractivity contribution in [3.8, 4) is 0 Å². The number of allylic oxidation sites excluding steroid dienone is 1. The van der Waals surface area contributed by atoms with Crippen LogP contribution in [0.4, 0.5) is 5.69 Å². The van der Waals surface area contributed by atoms with Gasteiger partial charge in [0.25, 0.3) is 0 Å². The van der Waals surface area contributed by atoms with Gasteiger partial charge in [0.1, 0.15) is 6.29 Å². The standard InChI is InChI=1S/C22H27N3O8/c1-25(20(29)7-5-13-26)12-4-2-3-6-18(27)23-11-10-19(28)24-17-14-15(21(30)31)8-9-16(17)22(32)33/h5,7-9,13-14H,2-4,6,10-12H2,1H3,(H,23,27)(H,24,28)(H,30,31)(H,32,33)/b7-5-. The molecule has 0 saturated heterocycles. The molecule has 0 aliphatic carbocycles. The highest BCUT2D eigenvalue weighted by atomic mass is 16.4. The molecular weight excluding hydrogens is 434 g/mol. The summed E-state index contributed by atoms with van der Waals surface area (Å²) in [6.45, 7) is 0.525. The quantitative estimate of drug-likeness (QED) is 0.182. The molecule has 0 spiro atoms. The van der Waals surface area contributed by atoms with Crippen molar-refractivity contribution in [2.24, 2.45) is 0 Å². The van der Waals surface area contributed by atoms with Crippen LogP contribution in [0.2, 0.25) is 0 Å². The van der Waals surface area contributed by atoms with E-state index in [1.165, 1.54) is 11.0 Å². The predicted molar refractivity (Wildman–Crippen MR) is 118 cm³/mol. The fourth-order valence-electron chi connectivity index (χ4n) is 2.75. The Kier molecular flexibility index (Phi) is 11.6. The zero-order valence-corrected chi connectivity index (χ0v) is 18.2. The number of nitrogens with one attached hydrogen (secondary N) is 2. The number of carbonyl (C=O) groups is 6. The number of aromatic carboxylic acids is 2. The highest BCUT2D eigenvalue weighted by Gasteiger charge is 2.15. The molecule has 178 valence electrons. The van der Waals surface area contributed by atoms with E-state index in [-0.39, 0.29) is 48.0 Å². The Morgan fingerprint density at radius 2 is 1.70 bits per heavy atom. The first kappa shape index (κ1) is 27.0. The number of hydrogen-bond donors (Lipinski definition) is 4. The molecule has 3 amide bonds. The van der Waals surface area contributed by atoms with Crippen LogP contribution in [0.1, 0.15) is 52.8 Å². The second-order valence-electron chi connectivity index (χ2n) is 7.08. The molecule has 11 nitrogen and oxygen atoms in total. The molecule has 1 aromatic rings. The fourth-order valence-corrected chi connectivity index (χ4v) is 2.75. The summed E-state index contributed by atoms with van der Waals surface area (Å²) < 4.78 is 0. The number of unbranched alkanes of at least 4 members (excludes halogenated alkanes) is 2. The monoisotopic (exact) mass is 461 g/mol. The Morgan fingerprint density at radius 1 is 0.970 bits per heavy atom. The zero-order chi connectivity index (χ0) is 24.8. The lowest BCUT2D eigenvalue weighted by atomic mass is 10.1. The molecule has 0 radical (unpaired) electrons. The molecular formula is C22H27N3O8. The van der Waals surface area contributed by atoms with Gasteiger partial charge in [0, 0.05) is 39.1 Å². The van der Waals surface area contributed by atoms with Gasteiger partial charge in [-0.2, -0.15) is 0 Å². The highest BCUT2D eigenvalue weighted by molar-refractivity contribution is 6.02. The average Bonchev–Trinajstić information content (AvgIpc) is 2.76. The molecule has 0 aliphatic rings. The minimum atomic E-state index is -1.32. The summed E-state index contributed by atoms with van der Waals surface area (Å²) in [5, 5.41) is 23.2. The van der Waals surface area contributed by atoms with Crippen LogP contribution in [0.25, 0.3) is 0 Å². The molecule has 0 saturated carbocycles. The van der Waals surface area contributed by atoms with Gasteiger partial charge in [-0.15, -0.1) is 0 Å². The first-order valence-electron chi connectivity index (χ1n) is 10.2. The second kappa shape index (κ2) is 14.1. The van der Waals surface area contributed by atoms with E-state index in [1.807, 2.05) is 0 Å². The van der Waals surface area contributed by atoms with E-state index in [1.54, 1.807) is 7.05 Å². The Bertz CT molecular complexity index is 926. The van der Waals surface area contributed by atoms with Gasteiger partial charge in [-0.05, 0) is 37.1 Å². The maximum Gasteiger partial charge on any atom is 0.337 e. The number of carboxylic acid groups (broad SMARTS) is 2. The van der Waals surface area contributed by atoms with E-state index in [0.717, 1.165) is 24.3 Å². The second-order valence-corrected chi connectivity index (χ2v) is 7.08. The third kappa shape index (κ3) is 10.2. The molecule has 11 heteroatoms. The largest absolute Gasteiger partial charge is 0.478 e. The number of carbonyl (C=O) groups excluding carboxylic acids is 4. The predicted octanol–water partition coefficient (Wildman–Crippen LogP) is 1.30. The number of anilines is 1. The first-order valence-corrected chi connectivity index (χ1v) is 10.2. The van der Waals surface area contributed by atoms with Gasteiger partial charge < -0.3 is 25.7 Å². The van der Waals surface area contributed by atoms with Crippen molar-refractivity contribution in [3.05, 3.63) is 41.5 Å². The van der Waals surface area contributed by atoms with E-state index in [0.29, 0.717) is 32.1 Å². The Hall–Kier alpha value is -4.02. The van der Waals surface area contributed by atoms with Crippen molar-refractivity contribution in [2.75, 3.05) is 25.5 Å². The van der Waals surface area contributed by atoms with Crippen molar-refractivity contribution in [2.45, 2.75) is 32.1 Å². The number of carboxylic acids is 2. The third-order valence-corrected chi connectivity index (χ3v) is 4.54. The smallest absolute Gasteiger partial charge is 0.337 e. The number of aldehydes is 1. The van der Waals surface area contributed by atoms with E-state index < -0.39 is 17.8 Å². The van der Waals surface area contributed by atoms with Crippen molar-refractivity contribution in [1.82, 2.24) is 10.2 Å². The van der Waals surface area contributed by atoms with E-state index >= 15 is 0 Å². The van der Waals surface area contributed by atoms with Gasteiger partial charge in [0.2, 0.25) is 17.7 Å². The molecule has 4 N–H and O–H groups in total. The number of amides is 3. The van der Waals surface area contributed by atoms with E-state index in [2.05, 4.69) is 10.6 Å². The number of nitrogens with zero attached hydrogens (tertiary/aromatic N) is 1. The Balaban J connectivity index is 2.33. The maximum absolute atomic E-state index is 12.1. The summed E-state index contributed by atoms with van der Waals surface area (Å²) in [6.07, 6.45) is 4.95. The lowest BCUT2D eigenvalue weighted by Gasteiger charge is -2.14. The summed E-state index contributed by atoms with van der Waals surface area (Å²) in [5.41, 5.74) is -0.551. The molecule has 0 unspecified atom stereocenters. The molecule has 1 aromatic carbocycles. The van der Waals surface area contributed by atoms with Crippen molar-refractivity contribution < 1.29 is 39.0 Å². The molecule has 0 aromatic heterocycles. The molecule has 1 rings (SSSR count). The summed E-state index contributed by atoms with van der Waals surface area (Å²) in [4.78, 5) is 69.5. The van der Waals surface area contributed by atoms with E-state index in [9.17, 15) is 33.9 Å². The minimum absolute atomic E-state index is 0.0337. The number of likely N-dealkylation sites (N-methyl/N-ethyl adjacent to an activating group) is 1.